The van der Waals surface area contributed by atoms with Crippen LogP contribution in [-0.2, 0) is 4.79 Å². The fraction of sp³-hybridized carbons (Fsp3) is 0.417. The van der Waals surface area contributed by atoms with Gasteiger partial charge >= 0.3 is 0 Å². The summed E-state index contributed by atoms with van der Waals surface area (Å²) in [5.41, 5.74) is -0.473. The maximum Gasteiger partial charge on any atom is 0.292 e. The number of nitrogens with one attached hydrogen (secondary N) is 2. The molecular formula is C12H16FN3O3. The number of nitro benzene ring substituents is 1. The summed E-state index contributed by atoms with van der Waals surface area (Å²) >= 11 is 0. The number of nitro groups is 1. The normalized spacial score (nSPS) is 11.9. The number of rotatable bonds is 6. The van der Waals surface area contributed by atoms with Gasteiger partial charge in [0.1, 0.15) is 11.5 Å². The number of amides is 1. The summed E-state index contributed by atoms with van der Waals surface area (Å²) in [5.74, 6) is -1.09. The molecule has 0 bridgehead atoms. The molecule has 6 nitrogen and oxygen atoms in total. The minimum absolute atomic E-state index is 0.0165. The summed E-state index contributed by atoms with van der Waals surface area (Å²) in [6.07, 6.45) is 0.855. The zero-order valence-corrected chi connectivity index (χ0v) is 10.8. The van der Waals surface area contributed by atoms with Crippen molar-refractivity contribution in [2.24, 2.45) is 0 Å². The van der Waals surface area contributed by atoms with Crippen LogP contribution in [0.25, 0.3) is 0 Å². The average Bonchev–Trinajstić information content (AvgIpc) is 2.35. The molecule has 0 heterocycles. The molecule has 1 aromatic carbocycles. The van der Waals surface area contributed by atoms with E-state index < -0.39 is 16.6 Å². The van der Waals surface area contributed by atoms with Gasteiger partial charge in [0.25, 0.3) is 5.69 Å². The van der Waals surface area contributed by atoms with Gasteiger partial charge in [-0.3, -0.25) is 14.9 Å². The third kappa shape index (κ3) is 4.63. The van der Waals surface area contributed by atoms with Crippen molar-refractivity contribution in [3.8, 4) is 0 Å². The summed E-state index contributed by atoms with van der Waals surface area (Å²) in [5, 5.41) is 16.0. The molecule has 19 heavy (non-hydrogen) atoms. The summed E-state index contributed by atoms with van der Waals surface area (Å²) < 4.78 is 13.0. The van der Waals surface area contributed by atoms with E-state index in [2.05, 4.69) is 10.6 Å². The lowest BCUT2D eigenvalue weighted by atomic mass is 10.2. The standard InChI is InChI=1S/C12H16FN3O3/c1-3-8(2)14-7-12(17)15-10-6-9(13)4-5-11(10)16(18)19/h4-6,8,14H,3,7H2,1-2H3,(H,15,17). The summed E-state index contributed by atoms with van der Waals surface area (Å²) in [6.45, 7) is 3.90. The van der Waals surface area contributed by atoms with Crippen molar-refractivity contribution in [3.05, 3.63) is 34.1 Å². The van der Waals surface area contributed by atoms with E-state index in [9.17, 15) is 19.3 Å². The molecule has 0 spiro atoms. The minimum atomic E-state index is -0.669. The van der Waals surface area contributed by atoms with E-state index >= 15 is 0 Å². The predicted octanol–water partition coefficient (Wildman–Crippen LogP) is 2.06. The number of carbonyl (C=O) groups excluding carboxylic acids is 1. The molecule has 1 rings (SSSR count). The van der Waals surface area contributed by atoms with Crippen molar-refractivity contribution < 1.29 is 14.1 Å². The molecule has 0 aliphatic heterocycles. The minimum Gasteiger partial charge on any atom is -0.319 e. The molecule has 0 aliphatic carbocycles. The van der Waals surface area contributed by atoms with Crippen molar-refractivity contribution in [1.29, 1.82) is 0 Å². The number of hydrogen-bond acceptors (Lipinski definition) is 4. The van der Waals surface area contributed by atoms with E-state index in [0.717, 1.165) is 24.6 Å². The van der Waals surface area contributed by atoms with Gasteiger partial charge in [-0.05, 0) is 19.4 Å². The monoisotopic (exact) mass is 269 g/mol. The van der Waals surface area contributed by atoms with Crippen LogP contribution < -0.4 is 10.6 Å². The summed E-state index contributed by atoms with van der Waals surface area (Å²) in [4.78, 5) is 21.7. The Hall–Kier alpha value is -2.02. The summed E-state index contributed by atoms with van der Waals surface area (Å²) in [6, 6.07) is 3.09. The molecule has 0 aromatic heterocycles. The zero-order valence-electron chi connectivity index (χ0n) is 10.8. The van der Waals surface area contributed by atoms with Crippen LogP contribution in [0.15, 0.2) is 18.2 Å². The lowest BCUT2D eigenvalue weighted by Crippen LogP contribution is -2.34. The predicted molar refractivity (Wildman–Crippen MR) is 69.4 cm³/mol. The molecule has 104 valence electrons. The van der Waals surface area contributed by atoms with Gasteiger partial charge < -0.3 is 10.6 Å². The zero-order chi connectivity index (χ0) is 14.4. The van der Waals surface area contributed by atoms with E-state index in [0.29, 0.717) is 0 Å². The second-order valence-corrected chi connectivity index (χ2v) is 4.16. The highest BCUT2D eigenvalue weighted by atomic mass is 19.1. The highest BCUT2D eigenvalue weighted by Crippen LogP contribution is 2.24. The number of benzene rings is 1. The van der Waals surface area contributed by atoms with Crippen molar-refractivity contribution in [3.63, 3.8) is 0 Å². The quantitative estimate of drug-likeness (QED) is 0.611. The molecule has 0 saturated heterocycles. The molecule has 2 N–H and O–H groups in total. The number of anilines is 1. The maximum atomic E-state index is 13.0. The van der Waals surface area contributed by atoms with E-state index in [1.165, 1.54) is 0 Å². The Morgan fingerprint density at radius 1 is 1.53 bits per heavy atom. The van der Waals surface area contributed by atoms with Gasteiger partial charge in [0.15, 0.2) is 0 Å². The van der Waals surface area contributed by atoms with E-state index in [-0.39, 0.29) is 24.0 Å². The number of nitrogens with zero attached hydrogens (tertiary/aromatic N) is 1. The Morgan fingerprint density at radius 2 is 2.21 bits per heavy atom. The van der Waals surface area contributed by atoms with Crippen LogP contribution in [0, 0.1) is 15.9 Å². The first-order valence-corrected chi connectivity index (χ1v) is 5.91. The van der Waals surface area contributed by atoms with Crippen LogP contribution >= 0.6 is 0 Å². The highest BCUT2D eigenvalue weighted by molar-refractivity contribution is 5.94. The Bertz CT molecular complexity index is 479. The van der Waals surface area contributed by atoms with Crippen molar-refractivity contribution in [2.75, 3.05) is 11.9 Å². The van der Waals surface area contributed by atoms with Gasteiger partial charge in [0.2, 0.25) is 5.91 Å². The van der Waals surface area contributed by atoms with Gasteiger partial charge in [-0.2, -0.15) is 0 Å². The molecule has 0 radical (unpaired) electrons. The fourth-order valence-corrected chi connectivity index (χ4v) is 1.37. The maximum absolute atomic E-state index is 13.0. The van der Waals surface area contributed by atoms with Gasteiger partial charge in [-0.25, -0.2) is 4.39 Å². The van der Waals surface area contributed by atoms with Gasteiger partial charge in [0, 0.05) is 18.2 Å². The van der Waals surface area contributed by atoms with Crippen LogP contribution in [0.2, 0.25) is 0 Å². The second kappa shape index (κ2) is 6.79. The third-order valence-electron chi connectivity index (χ3n) is 2.65. The van der Waals surface area contributed by atoms with Crippen LogP contribution in [0.4, 0.5) is 15.8 Å². The second-order valence-electron chi connectivity index (χ2n) is 4.16. The number of carbonyl (C=O) groups is 1. The van der Waals surface area contributed by atoms with Gasteiger partial charge in [-0.1, -0.05) is 6.92 Å². The highest BCUT2D eigenvalue weighted by Gasteiger charge is 2.16. The average molecular weight is 269 g/mol. The first-order valence-electron chi connectivity index (χ1n) is 5.91. The van der Waals surface area contributed by atoms with Gasteiger partial charge in [-0.15, -0.1) is 0 Å². The number of halogens is 1. The molecule has 0 fully saturated rings. The van der Waals surface area contributed by atoms with Crippen molar-refractivity contribution in [1.82, 2.24) is 5.32 Å². The Kier molecular flexibility index (Phi) is 5.37. The van der Waals surface area contributed by atoms with Crippen LogP contribution in [0.5, 0.6) is 0 Å². The molecular weight excluding hydrogens is 253 g/mol. The SMILES string of the molecule is CCC(C)NCC(=O)Nc1cc(F)ccc1[N+](=O)[O-]. The van der Waals surface area contributed by atoms with Crippen LogP contribution in [-0.4, -0.2) is 23.4 Å². The molecule has 1 unspecified atom stereocenters. The molecule has 1 atom stereocenters. The van der Waals surface area contributed by atoms with E-state index in [1.807, 2.05) is 13.8 Å². The molecule has 0 aliphatic rings. The molecule has 7 heteroatoms. The number of hydrogen-bond donors (Lipinski definition) is 2. The Morgan fingerprint density at radius 3 is 2.79 bits per heavy atom. The van der Waals surface area contributed by atoms with Crippen LogP contribution in [0.1, 0.15) is 20.3 Å². The van der Waals surface area contributed by atoms with Gasteiger partial charge in [0.05, 0.1) is 11.5 Å². The Balaban J connectivity index is 2.73. The van der Waals surface area contributed by atoms with Crippen molar-refractivity contribution in [2.45, 2.75) is 26.3 Å². The lowest BCUT2D eigenvalue weighted by Gasteiger charge is -2.11. The largest absolute Gasteiger partial charge is 0.319 e. The lowest BCUT2D eigenvalue weighted by molar-refractivity contribution is -0.384. The molecule has 1 amide bonds. The first kappa shape index (κ1) is 15.0. The van der Waals surface area contributed by atoms with Crippen molar-refractivity contribution >= 4 is 17.3 Å². The smallest absolute Gasteiger partial charge is 0.292 e. The molecule has 0 saturated carbocycles. The third-order valence-corrected chi connectivity index (χ3v) is 2.65. The summed E-state index contributed by atoms with van der Waals surface area (Å²) in [7, 11) is 0. The fourth-order valence-electron chi connectivity index (χ4n) is 1.37. The van der Waals surface area contributed by atoms with E-state index in [4.69, 9.17) is 0 Å². The topological polar surface area (TPSA) is 84.3 Å². The Labute approximate surface area is 110 Å². The molecule has 1 aromatic rings. The van der Waals surface area contributed by atoms with E-state index in [1.54, 1.807) is 0 Å². The first-order chi connectivity index (χ1) is 8.93. The van der Waals surface area contributed by atoms with Crippen LogP contribution in [0.3, 0.4) is 0 Å².